The van der Waals surface area contributed by atoms with Crippen LogP contribution in [0.15, 0.2) is 53.4 Å². The molecule has 4 rings (SSSR count). The molecule has 0 spiro atoms. The van der Waals surface area contributed by atoms with Gasteiger partial charge in [0.15, 0.2) is 9.84 Å². The van der Waals surface area contributed by atoms with Gasteiger partial charge >= 0.3 is 6.18 Å². The van der Waals surface area contributed by atoms with Gasteiger partial charge in [-0.25, -0.2) is 8.42 Å². The highest BCUT2D eigenvalue weighted by molar-refractivity contribution is 7.92. The zero-order chi connectivity index (χ0) is 23.1. The van der Waals surface area contributed by atoms with E-state index < -0.39 is 49.1 Å². The van der Waals surface area contributed by atoms with Crippen LogP contribution in [0.1, 0.15) is 37.7 Å². The standard InChI is InChI=1S/C23H21F3N2O3S/c24-23(25,26)19-13-16(15-4-2-1-3-5-15)7-9-20(19)32(30,31)18-8-6-17(12-18)21(29)28-22(14-27)10-11-22/h1-5,7,9,13,17-18H,6,8,10-12H2,(H,28,29)/t17-,18-/m1/s1. The van der Waals surface area contributed by atoms with Gasteiger partial charge in [0.05, 0.1) is 21.8 Å². The molecule has 168 valence electrons. The molecule has 32 heavy (non-hydrogen) atoms. The fraction of sp³-hybridized carbons (Fsp3) is 0.391. The highest BCUT2D eigenvalue weighted by atomic mass is 32.2. The Morgan fingerprint density at radius 3 is 2.34 bits per heavy atom. The summed E-state index contributed by atoms with van der Waals surface area (Å²) in [5.74, 6) is -1.05. The van der Waals surface area contributed by atoms with Crippen LogP contribution in [0.25, 0.3) is 11.1 Å². The van der Waals surface area contributed by atoms with Gasteiger partial charge in [-0.2, -0.15) is 18.4 Å². The van der Waals surface area contributed by atoms with Crippen molar-refractivity contribution < 1.29 is 26.4 Å². The molecule has 0 saturated heterocycles. The molecule has 0 bridgehead atoms. The second-order valence-corrected chi connectivity index (χ2v) is 10.6. The van der Waals surface area contributed by atoms with E-state index >= 15 is 0 Å². The number of hydrogen-bond acceptors (Lipinski definition) is 4. The van der Waals surface area contributed by atoms with Crippen molar-refractivity contribution in [1.82, 2.24) is 5.32 Å². The largest absolute Gasteiger partial charge is 0.417 e. The number of alkyl halides is 3. The predicted octanol–water partition coefficient (Wildman–Crippen LogP) is 4.49. The number of sulfone groups is 1. The third-order valence-electron chi connectivity index (χ3n) is 6.22. The van der Waals surface area contributed by atoms with E-state index in [-0.39, 0.29) is 24.8 Å². The van der Waals surface area contributed by atoms with Crippen molar-refractivity contribution in [2.45, 2.75) is 54.0 Å². The second kappa shape index (κ2) is 7.93. The lowest BCUT2D eigenvalue weighted by Crippen LogP contribution is -2.39. The van der Waals surface area contributed by atoms with E-state index in [9.17, 15) is 26.4 Å². The molecule has 2 atom stereocenters. The Morgan fingerprint density at radius 1 is 1.06 bits per heavy atom. The fourth-order valence-corrected chi connectivity index (χ4v) is 6.21. The van der Waals surface area contributed by atoms with Gasteiger partial charge in [0.25, 0.3) is 0 Å². The van der Waals surface area contributed by atoms with E-state index in [2.05, 4.69) is 5.32 Å². The number of carbonyl (C=O) groups excluding carboxylic acids is 1. The van der Waals surface area contributed by atoms with E-state index in [1.165, 1.54) is 6.07 Å². The zero-order valence-electron chi connectivity index (χ0n) is 17.0. The smallest absolute Gasteiger partial charge is 0.338 e. The average Bonchev–Trinajstić information content (AvgIpc) is 3.34. The summed E-state index contributed by atoms with van der Waals surface area (Å²) in [6.07, 6.45) is -3.47. The number of rotatable bonds is 5. The highest BCUT2D eigenvalue weighted by Gasteiger charge is 2.48. The number of hydrogen-bond donors (Lipinski definition) is 1. The van der Waals surface area contributed by atoms with Gasteiger partial charge in [-0.3, -0.25) is 4.79 Å². The molecule has 2 aromatic rings. The van der Waals surface area contributed by atoms with E-state index in [0.29, 0.717) is 18.4 Å². The number of nitrogens with zero attached hydrogens (tertiary/aromatic N) is 1. The van der Waals surface area contributed by atoms with Crippen molar-refractivity contribution in [2.24, 2.45) is 5.92 Å². The van der Waals surface area contributed by atoms with Crippen LogP contribution in [0, 0.1) is 17.2 Å². The minimum absolute atomic E-state index is 0.0621. The van der Waals surface area contributed by atoms with E-state index in [1.54, 1.807) is 30.3 Å². The molecule has 2 fully saturated rings. The molecule has 0 aromatic heterocycles. The topological polar surface area (TPSA) is 87.0 Å². The quantitative estimate of drug-likeness (QED) is 0.710. The summed E-state index contributed by atoms with van der Waals surface area (Å²) < 4.78 is 67.9. The molecule has 0 radical (unpaired) electrons. The van der Waals surface area contributed by atoms with E-state index in [4.69, 9.17) is 5.26 Å². The first-order valence-electron chi connectivity index (χ1n) is 10.3. The van der Waals surface area contributed by atoms with Crippen molar-refractivity contribution in [3.8, 4) is 17.2 Å². The number of halogens is 3. The SMILES string of the molecule is N#CC1(NC(=O)[C@@H]2CC[C@@H](S(=O)(=O)c3ccc(-c4ccccc4)cc3C(F)(F)F)C2)CC1. The Balaban J connectivity index is 1.61. The molecule has 2 aliphatic carbocycles. The van der Waals surface area contributed by atoms with Crippen molar-refractivity contribution in [3.05, 3.63) is 54.1 Å². The molecule has 9 heteroatoms. The monoisotopic (exact) mass is 462 g/mol. The molecule has 5 nitrogen and oxygen atoms in total. The molecular formula is C23H21F3N2O3S. The second-order valence-electron chi connectivity index (χ2n) is 8.43. The molecular weight excluding hydrogens is 441 g/mol. The lowest BCUT2D eigenvalue weighted by atomic mass is 10.0. The normalized spacial score (nSPS) is 22.2. The first-order valence-corrected chi connectivity index (χ1v) is 11.8. The Morgan fingerprint density at radius 2 is 1.75 bits per heavy atom. The first-order chi connectivity index (χ1) is 15.1. The van der Waals surface area contributed by atoms with Gasteiger partial charge in [-0.05, 0) is 55.4 Å². The summed E-state index contributed by atoms with van der Waals surface area (Å²) in [6, 6.07) is 13.7. The van der Waals surface area contributed by atoms with E-state index in [0.717, 1.165) is 12.1 Å². The van der Waals surface area contributed by atoms with Crippen LogP contribution in [-0.2, 0) is 20.8 Å². The zero-order valence-corrected chi connectivity index (χ0v) is 17.8. The van der Waals surface area contributed by atoms with E-state index in [1.807, 2.05) is 6.07 Å². The molecule has 2 saturated carbocycles. The number of benzene rings is 2. The Hall–Kier alpha value is -2.86. The number of nitrogens with one attached hydrogen (secondary N) is 1. The van der Waals surface area contributed by atoms with Crippen molar-refractivity contribution in [3.63, 3.8) is 0 Å². The highest BCUT2D eigenvalue weighted by Crippen LogP contribution is 2.42. The van der Waals surface area contributed by atoms with Gasteiger partial charge in [0.1, 0.15) is 5.54 Å². The van der Waals surface area contributed by atoms with Gasteiger partial charge in [-0.15, -0.1) is 0 Å². The summed E-state index contributed by atoms with van der Waals surface area (Å²) in [6.45, 7) is 0. The van der Waals surface area contributed by atoms with Crippen LogP contribution in [0.5, 0.6) is 0 Å². The number of amides is 1. The third-order valence-corrected chi connectivity index (χ3v) is 8.49. The fourth-order valence-electron chi connectivity index (χ4n) is 4.18. The molecule has 0 heterocycles. The van der Waals surface area contributed by atoms with Crippen LogP contribution in [0.4, 0.5) is 13.2 Å². The molecule has 0 unspecified atom stereocenters. The summed E-state index contributed by atoms with van der Waals surface area (Å²) in [7, 11) is -4.32. The Labute approximate surface area is 184 Å². The predicted molar refractivity (Wildman–Crippen MR) is 111 cm³/mol. The van der Waals surface area contributed by atoms with Crippen LogP contribution in [0.3, 0.4) is 0 Å². The van der Waals surface area contributed by atoms with Crippen LogP contribution >= 0.6 is 0 Å². The van der Waals surface area contributed by atoms with Gasteiger partial charge in [0.2, 0.25) is 5.91 Å². The Bertz CT molecular complexity index is 1180. The van der Waals surface area contributed by atoms with Crippen LogP contribution in [0.2, 0.25) is 0 Å². The number of carbonyl (C=O) groups is 1. The van der Waals surface area contributed by atoms with Crippen LogP contribution in [-0.4, -0.2) is 25.1 Å². The lowest BCUT2D eigenvalue weighted by Gasteiger charge is -2.19. The van der Waals surface area contributed by atoms with Crippen molar-refractivity contribution in [1.29, 1.82) is 5.26 Å². The van der Waals surface area contributed by atoms with Gasteiger partial charge in [-0.1, -0.05) is 36.4 Å². The molecule has 2 aromatic carbocycles. The third kappa shape index (κ3) is 4.24. The van der Waals surface area contributed by atoms with Gasteiger partial charge < -0.3 is 5.32 Å². The average molecular weight is 462 g/mol. The maximum absolute atomic E-state index is 13.8. The van der Waals surface area contributed by atoms with Crippen molar-refractivity contribution in [2.75, 3.05) is 0 Å². The lowest BCUT2D eigenvalue weighted by molar-refractivity contribution is -0.139. The summed E-state index contributed by atoms with van der Waals surface area (Å²) in [5.41, 5.74) is -1.25. The summed E-state index contributed by atoms with van der Waals surface area (Å²) in [5, 5.41) is 10.7. The van der Waals surface area contributed by atoms with Crippen LogP contribution < -0.4 is 5.32 Å². The molecule has 0 aliphatic heterocycles. The Kier molecular flexibility index (Phi) is 5.53. The van der Waals surface area contributed by atoms with Crippen molar-refractivity contribution >= 4 is 15.7 Å². The number of nitriles is 1. The van der Waals surface area contributed by atoms with Gasteiger partial charge in [0, 0.05) is 5.92 Å². The summed E-state index contributed by atoms with van der Waals surface area (Å²) in [4.78, 5) is 11.7. The minimum atomic E-state index is -4.85. The maximum Gasteiger partial charge on any atom is 0.417 e. The molecule has 1 N–H and O–H groups in total. The summed E-state index contributed by atoms with van der Waals surface area (Å²) >= 11 is 0. The molecule has 2 aliphatic rings. The minimum Gasteiger partial charge on any atom is -0.338 e. The molecule has 1 amide bonds. The first kappa shape index (κ1) is 22.3. The maximum atomic E-state index is 13.8.